The van der Waals surface area contributed by atoms with Gasteiger partial charge in [0.1, 0.15) is 12.6 Å². The van der Waals surface area contributed by atoms with E-state index in [9.17, 15) is 18.0 Å². The number of halogens is 3. The monoisotopic (exact) mass is 667 g/mol. The van der Waals surface area contributed by atoms with Gasteiger partial charge in [0.2, 0.25) is 21.8 Å². The summed E-state index contributed by atoms with van der Waals surface area (Å²) in [6, 6.07) is 20.1. The molecule has 0 spiro atoms. The largest absolute Gasteiger partial charge is 0.352 e. The van der Waals surface area contributed by atoms with Crippen LogP contribution in [0.3, 0.4) is 0 Å². The maximum Gasteiger partial charge on any atom is 0.244 e. The van der Waals surface area contributed by atoms with Crippen LogP contribution in [0.1, 0.15) is 31.4 Å². The molecule has 3 aromatic rings. The van der Waals surface area contributed by atoms with Crippen molar-refractivity contribution in [2.75, 3.05) is 17.1 Å². The molecule has 40 heavy (non-hydrogen) atoms. The number of amides is 2. The Morgan fingerprint density at radius 1 is 0.975 bits per heavy atom. The molecule has 0 saturated heterocycles. The van der Waals surface area contributed by atoms with Crippen LogP contribution < -0.4 is 9.62 Å². The van der Waals surface area contributed by atoms with Gasteiger partial charge in [-0.25, -0.2) is 8.42 Å². The van der Waals surface area contributed by atoms with Crippen molar-refractivity contribution in [3.63, 3.8) is 0 Å². The first-order valence-corrected chi connectivity index (χ1v) is 16.1. The van der Waals surface area contributed by atoms with Crippen LogP contribution in [-0.4, -0.2) is 50.0 Å². The van der Waals surface area contributed by atoms with E-state index in [1.807, 2.05) is 68.4 Å². The van der Waals surface area contributed by atoms with Crippen LogP contribution in [0.25, 0.3) is 0 Å². The van der Waals surface area contributed by atoms with E-state index >= 15 is 0 Å². The highest BCUT2D eigenvalue weighted by Gasteiger charge is 2.34. The van der Waals surface area contributed by atoms with Crippen molar-refractivity contribution in [2.24, 2.45) is 0 Å². The lowest BCUT2D eigenvalue weighted by atomic mass is 10.0. The number of nitrogens with one attached hydrogen (secondary N) is 1. The van der Waals surface area contributed by atoms with E-state index in [4.69, 9.17) is 23.2 Å². The third-order valence-electron chi connectivity index (χ3n) is 6.39. The summed E-state index contributed by atoms with van der Waals surface area (Å²) in [4.78, 5) is 29.2. The van der Waals surface area contributed by atoms with Gasteiger partial charge in [-0.05, 0) is 54.8 Å². The molecule has 0 unspecified atom stereocenters. The Hall–Kier alpha value is -2.59. The van der Waals surface area contributed by atoms with Crippen molar-refractivity contribution in [1.29, 1.82) is 0 Å². The first kappa shape index (κ1) is 31.9. The van der Waals surface area contributed by atoms with Crippen LogP contribution in [0.15, 0.2) is 77.3 Å². The molecule has 0 saturated carbocycles. The molecule has 0 bridgehead atoms. The fourth-order valence-corrected chi connectivity index (χ4v) is 5.61. The molecule has 3 rings (SSSR count). The topological polar surface area (TPSA) is 86.8 Å². The average Bonchev–Trinajstić information content (AvgIpc) is 2.91. The van der Waals surface area contributed by atoms with Gasteiger partial charge < -0.3 is 10.2 Å². The van der Waals surface area contributed by atoms with Crippen LogP contribution in [0.2, 0.25) is 10.0 Å². The molecule has 0 fully saturated rings. The Kier molecular flexibility index (Phi) is 11.5. The quantitative estimate of drug-likeness (QED) is 0.254. The average molecular weight is 669 g/mol. The Labute approximate surface area is 254 Å². The number of hydrogen-bond acceptors (Lipinski definition) is 4. The summed E-state index contributed by atoms with van der Waals surface area (Å²) in [7, 11) is -3.96. The second-order valence-corrected chi connectivity index (χ2v) is 13.2. The molecule has 0 aliphatic rings. The van der Waals surface area contributed by atoms with Crippen molar-refractivity contribution in [1.82, 2.24) is 10.2 Å². The summed E-state index contributed by atoms with van der Waals surface area (Å²) >= 11 is 15.9. The summed E-state index contributed by atoms with van der Waals surface area (Å²) in [5.74, 6) is -0.889. The van der Waals surface area contributed by atoms with Gasteiger partial charge in [0.15, 0.2) is 0 Å². The van der Waals surface area contributed by atoms with Crippen LogP contribution in [0, 0.1) is 0 Å². The van der Waals surface area contributed by atoms with Gasteiger partial charge in [0.05, 0.1) is 17.0 Å². The number of hydrogen-bond donors (Lipinski definition) is 1. The van der Waals surface area contributed by atoms with Gasteiger partial charge in [-0.1, -0.05) is 88.5 Å². The molecule has 7 nitrogen and oxygen atoms in total. The maximum atomic E-state index is 14.1. The van der Waals surface area contributed by atoms with Crippen molar-refractivity contribution in [3.05, 3.63) is 98.4 Å². The zero-order valence-corrected chi connectivity index (χ0v) is 26.4. The number of carbonyl (C=O) groups is 2. The van der Waals surface area contributed by atoms with Gasteiger partial charge in [-0.3, -0.25) is 13.9 Å². The predicted octanol–water partition coefficient (Wildman–Crippen LogP) is 6.08. The SMILES string of the molecule is CC[C@H](C)NC(=O)[C@@H](Cc1ccccc1)N(Cc1ccc(Br)cc1)C(=O)CN(c1cc(Cl)ccc1Cl)S(C)(=O)=O. The van der Waals surface area contributed by atoms with Crippen molar-refractivity contribution < 1.29 is 18.0 Å². The van der Waals surface area contributed by atoms with E-state index in [0.29, 0.717) is 6.42 Å². The van der Waals surface area contributed by atoms with Gasteiger partial charge in [0, 0.05) is 28.5 Å². The van der Waals surface area contributed by atoms with Crippen LogP contribution in [0.4, 0.5) is 5.69 Å². The lowest BCUT2D eigenvalue weighted by molar-refractivity contribution is -0.140. The Morgan fingerprint density at radius 3 is 2.23 bits per heavy atom. The minimum Gasteiger partial charge on any atom is -0.352 e. The van der Waals surface area contributed by atoms with Gasteiger partial charge in [0.25, 0.3) is 0 Å². The van der Waals surface area contributed by atoms with E-state index in [2.05, 4.69) is 21.2 Å². The van der Waals surface area contributed by atoms with E-state index in [1.165, 1.54) is 23.1 Å². The molecule has 2 atom stereocenters. The molecule has 3 aromatic carbocycles. The Balaban J connectivity index is 2.08. The minimum atomic E-state index is -3.96. The third kappa shape index (κ3) is 8.96. The highest BCUT2D eigenvalue weighted by molar-refractivity contribution is 9.10. The van der Waals surface area contributed by atoms with E-state index in [0.717, 1.165) is 26.2 Å². The molecule has 214 valence electrons. The molecular weight excluding hydrogens is 637 g/mol. The van der Waals surface area contributed by atoms with Gasteiger partial charge in [-0.15, -0.1) is 0 Å². The lowest BCUT2D eigenvalue weighted by Gasteiger charge is -2.34. The van der Waals surface area contributed by atoms with Gasteiger partial charge in [-0.2, -0.15) is 0 Å². The number of benzene rings is 3. The fourth-order valence-electron chi connectivity index (χ4n) is 4.05. The zero-order valence-electron chi connectivity index (χ0n) is 22.5. The number of anilines is 1. The zero-order chi connectivity index (χ0) is 29.4. The third-order valence-corrected chi connectivity index (χ3v) is 8.60. The Morgan fingerprint density at radius 2 is 1.62 bits per heavy atom. The molecule has 11 heteroatoms. The van der Waals surface area contributed by atoms with Crippen molar-refractivity contribution in [3.8, 4) is 0 Å². The highest BCUT2D eigenvalue weighted by atomic mass is 79.9. The molecule has 0 heterocycles. The molecule has 0 aromatic heterocycles. The van der Waals surface area contributed by atoms with E-state index in [1.54, 1.807) is 0 Å². The van der Waals surface area contributed by atoms with Crippen LogP contribution in [-0.2, 0) is 32.6 Å². The fraction of sp³-hybridized carbons (Fsp3) is 0.310. The predicted molar refractivity (Wildman–Crippen MR) is 165 cm³/mol. The number of sulfonamides is 1. The first-order chi connectivity index (χ1) is 18.9. The maximum absolute atomic E-state index is 14.1. The number of rotatable bonds is 12. The number of nitrogens with zero attached hydrogens (tertiary/aromatic N) is 2. The normalized spacial score (nSPS) is 12.8. The second-order valence-electron chi connectivity index (χ2n) is 9.54. The minimum absolute atomic E-state index is 0.0808. The van der Waals surface area contributed by atoms with E-state index in [-0.39, 0.29) is 40.6 Å². The van der Waals surface area contributed by atoms with Crippen LogP contribution in [0.5, 0.6) is 0 Å². The summed E-state index contributed by atoms with van der Waals surface area (Å²) in [6.45, 7) is 3.36. The summed E-state index contributed by atoms with van der Waals surface area (Å²) in [6.07, 6.45) is 1.94. The molecule has 1 N–H and O–H groups in total. The molecule has 2 amide bonds. The molecule has 0 aliphatic carbocycles. The van der Waals surface area contributed by atoms with E-state index < -0.39 is 28.5 Å². The highest BCUT2D eigenvalue weighted by Crippen LogP contribution is 2.31. The first-order valence-electron chi connectivity index (χ1n) is 12.7. The van der Waals surface area contributed by atoms with Crippen molar-refractivity contribution >= 4 is 66.7 Å². The molecule has 0 aliphatic heterocycles. The Bertz CT molecular complexity index is 1420. The lowest BCUT2D eigenvalue weighted by Crippen LogP contribution is -2.54. The summed E-state index contributed by atoms with van der Waals surface area (Å²) < 4.78 is 27.6. The summed E-state index contributed by atoms with van der Waals surface area (Å²) in [5.41, 5.74) is 1.72. The number of carbonyl (C=O) groups excluding carboxylic acids is 2. The summed E-state index contributed by atoms with van der Waals surface area (Å²) in [5, 5.41) is 3.39. The second kappa shape index (κ2) is 14.3. The van der Waals surface area contributed by atoms with Crippen molar-refractivity contribution in [2.45, 2.75) is 45.3 Å². The van der Waals surface area contributed by atoms with Crippen LogP contribution >= 0.6 is 39.1 Å². The molecular formula is C29H32BrCl2N3O4S. The molecule has 0 radical (unpaired) electrons. The standard InChI is InChI=1S/C29H32BrCl2N3O4S/c1-4-20(2)33-29(37)27(16-21-8-6-5-7-9-21)34(18-22-10-12-23(30)13-11-22)28(36)19-35(40(3,38)39)26-17-24(31)14-15-25(26)32/h5-15,17,20,27H,4,16,18-19H2,1-3H3,(H,33,37)/t20-,27+/m0/s1. The smallest absolute Gasteiger partial charge is 0.244 e. The van der Waals surface area contributed by atoms with Gasteiger partial charge >= 0.3 is 0 Å².